The van der Waals surface area contributed by atoms with E-state index in [4.69, 9.17) is 14.2 Å². The molecule has 0 spiro atoms. The molecule has 0 aromatic heterocycles. The van der Waals surface area contributed by atoms with E-state index < -0.39 is 6.10 Å². The Morgan fingerprint density at radius 3 is 0.758 bits per heavy atom. The third-order valence-corrected chi connectivity index (χ3v) is 13.2. The molecule has 0 radical (unpaired) electrons. The molecule has 0 aliphatic heterocycles. The third kappa shape index (κ3) is 52.9. The van der Waals surface area contributed by atoms with E-state index in [-0.39, 0.29) is 31.1 Å². The summed E-state index contributed by atoms with van der Waals surface area (Å²) in [6.07, 6.45) is 64.6. The van der Waals surface area contributed by atoms with Crippen LogP contribution in [0, 0.1) is 0 Å². The highest BCUT2D eigenvalue weighted by Crippen LogP contribution is 2.16. The Balaban J connectivity index is 4.25. The Morgan fingerprint density at radius 2 is 0.500 bits per heavy atom. The second-order valence-corrected chi connectivity index (χ2v) is 19.9. The van der Waals surface area contributed by atoms with E-state index in [0.29, 0.717) is 19.3 Å². The van der Waals surface area contributed by atoms with Crippen LogP contribution in [-0.2, 0) is 28.6 Å². The van der Waals surface area contributed by atoms with Crippen LogP contribution < -0.4 is 0 Å². The summed E-state index contributed by atoms with van der Waals surface area (Å²) in [5.41, 5.74) is 0. The topological polar surface area (TPSA) is 78.9 Å². The summed E-state index contributed by atoms with van der Waals surface area (Å²) >= 11 is 0. The van der Waals surface area contributed by atoms with Crippen LogP contribution >= 0.6 is 0 Å². The minimum atomic E-state index is -0.770. The molecule has 0 rings (SSSR count). The van der Waals surface area contributed by atoms with Crippen molar-refractivity contribution in [1.82, 2.24) is 0 Å². The van der Waals surface area contributed by atoms with Gasteiger partial charge in [0.1, 0.15) is 13.2 Å². The van der Waals surface area contributed by atoms with Gasteiger partial charge in [-0.05, 0) is 70.6 Å². The number of carbonyl (C=O) groups is 3. The minimum absolute atomic E-state index is 0.0695. The number of carbonyl (C=O) groups excluding carboxylic acids is 3. The van der Waals surface area contributed by atoms with Gasteiger partial charge in [0.2, 0.25) is 0 Å². The molecule has 0 aliphatic rings. The van der Waals surface area contributed by atoms with E-state index in [0.717, 1.165) is 57.8 Å². The van der Waals surface area contributed by atoms with Gasteiger partial charge in [0, 0.05) is 19.3 Å². The SMILES string of the molecule is CCCCCCCC/C=C\CCCCCCCCCC(=O)OC(COC(=O)CCCCCCCCCCCC)COC(=O)CCCCCCCCCCC/C=C\CCCCCCCCCC. The average molecular weight is 930 g/mol. The van der Waals surface area contributed by atoms with Gasteiger partial charge in [-0.15, -0.1) is 0 Å². The first-order valence-electron chi connectivity index (χ1n) is 29.3. The molecule has 0 saturated heterocycles. The molecule has 0 heterocycles. The lowest BCUT2D eigenvalue weighted by atomic mass is 10.1. The Kier molecular flexibility index (Phi) is 53.7. The summed E-state index contributed by atoms with van der Waals surface area (Å²) in [7, 11) is 0. The average Bonchev–Trinajstić information content (AvgIpc) is 3.31. The minimum Gasteiger partial charge on any atom is -0.462 e. The molecular weight excluding hydrogens is 817 g/mol. The second kappa shape index (κ2) is 55.5. The molecule has 0 saturated carbocycles. The normalized spacial score (nSPS) is 12.1. The van der Waals surface area contributed by atoms with Crippen LogP contribution in [0.25, 0.3) is 0 Å². The maximum absolute atomic E-state index is 12.8. The summed E-state index contributed by atoms with van der Waals surface area (Å²) in [6.45, 7) is 6.66. The van der Waals surface area contributed by atoms with Gasteiger partial charge in [-0.25, -0.2) is 0 Å². The molecule has 6 nitrogen and oxygen atoms in total. The zero-order chi connectivity index (χ0) is 47.9. The molecule has 0 fully saturated rings. The first-order chi connectivity index (χ1) is 32.5. The first kappa shape index (κ1) is 63.9. The fourth-order valence-corrected chi connectivity index (χ4v) is 8.73. The molecule has 0 amide bonds. The van der Waals surface area contributed by atoms with Crippen molar-refractivity contribution < 1.29 is 28.6 Å². The van der Waals surface area contributed by atoms with Gasteiger partial charge in [-0.1, -0.05) is 257 Å². The number of hydrogen-bond acceptors (Lipinski definition) is 6. The van der Waals surface area contributed by atoms with Crippen molar-refractivity contribution in [3.63, 3.8) is 0 Å². The maximum Gasteiger partial charge on any atom is 0.306 e. The Morgan fingerprint density at radius 1 is 0.288 bits per heavy atom. The standard InChI is InChI=1S/C60H112O6/c1-4-7-10-13-16-19-22-24-26-28-29-30-31-33-34-36-38-41-44-47-50-53-59(62)65-56-57(55-64-58(61)52-49-46-43-40-21-18-15-12-9-6-3)66-60(63)54-51-48-45-42-39-37-35-32-27-25-23-20-17-14-11-8-5-2/h25,27-29,57H,4-24,26,30-56H2,1-3H3/b27-25-,29-28-. The lowest BCUT2D eigenvalue weighted by molar-refractivity contribution is -0.167. The summed E-state index contributed by atoms with van der Waals surface area (Å²) in [5, 5.41) is 0. The third-order valence-electron chi connectivity index (χ3n) is 13.2. The molecule has 1 atom stereocenters. The summed E-state index contributed by atoms with van der Waals surface area (Å²) < 4.78 is 16.9. The van der Waals surface area contributed by atoms with Gasteiger partial charge < -0.3 is 14.2 Å². The van der Waals surface area contributed by atoms with Crippen LogP contribution in [0.15, 0.2) is 24.3 Å². The van der Waals surface area contributed by atoms with Crippen molar-refractivity contribution in [3.05, 3.63) is 24.3 Å². The van der Waals surface area contributed by atoms with Crippen LogP contribution in [0.4, 0.5) is 0 Å². The number of ether oxygens (including phenoxy) is 3. The summed E-state index contributed by atoms with van der Waals surface area (Å²) in [5.74, 6) is -0.859. The van der Waals surface area contributed by atoms with Crippen LogP contribution in [0.2, 0.25) is 0 Å². The zero-order valence-corrected chi connectivity index (χ0v) is 44.5. The van der Waals surface area contributed by atoms with E-state index in [2.05, 4.69) is 45.1 Å². The van der Waals surface area contributed by atoms with Crippen molar-refractivity contribution in [2.45, 2.75) is 329 Å². The fourth-order valence-electron chi connectivity index (χ4n) is 8.73. The molecule has 0 aromatic carbocycles. The van der Waals surface area contributed by atoms with Crippen molar-refractivity contribution >= 4 is 17.9 Å². The van der Waals surface area contributed by atoms with Gasteiger partial charge in [0.25, 0.3) is 0 Å². The van der Waals surface area contributed by atoms with Gasteiger partial charge in [0.15, 0.2) is 6.10 Å². The lowest BCUT2D eigenvalue weighted by Crippen LogP contribution is -2.30. The van der Waals surface area contributed by atoms with E-state index >= 15 is 0 Å². The van der Waals surface area contributed by atoms with Crippen LogP contribution in [0.1, 0.15) is 323 Å². The lowest BCUT2D eigenvalue weighted by Gasteiger charge is -2.18. The van der Waals surface area contributed by atoms with E-state index in [1.807, 2.05) is 0 Å². The molecule has 388 valence electrons. The van der Waals surface area contributed by atoms with Crippen molar-refractivity contribution in [3.8, 4) is 0 Å². The number of esters is 3. The van der Waals surface area contributed by atoms with Crippen molar-refractivity contribution in [2.75, 3.05) is 13.2 Å². The Hall–Kier alpha value is -2.11. The first-order valence-corrected chi connectivity index (χ1v) is 29.3. The van der Waals surface area contributed by atoms with Gasteiger partial charge in [0.05, 0.1) is 0 Å². The Labute approximate surface area is 411 Å². The predicted molar refractivity (Wildman–Crippen MR) is 284 cm³/mol. The van der Waals surface area contributed by atoms with E-state index in [1.54, 1.807) is 0 Å². The summed E-state index contributed by atoms with van der Waals surface area (Å²) in [6, 6.07) is 0. The van der Waals surface area contributed by atoms with Crippen LogP contribution in [0.5, 0.6) is 0 Å². The molecule has 0 N–H and O–H groups in total. The van der Waals surface area contributed by atoms with Crippen molar-refractivity contribution in [1.29, 1.82) is 0 Å². The zero-order valence-electron chi connectivity index (χ0n) is 44.5. The van der Waals surface area contributed by atoms with Crippen LogP contribution in [0.3, 0.4) is 0 Å². The number of hydrogen-bond donors (Lipinski definition) is 0. The highest BCUT2D eigenvalue weighted by atomic mass is 16.6. The molecule has 0 aliphatic carbocycles. The van der Waals surface area contributed by atoms with Crippen molar-refractivity contribution in [2.24, 2.45) is 0 Å². The Bertz CT molecular complexity index is 1070. The quantitative estimate of drug-likeness (QED) is 0.0262. The molecule has 0 bridgehead atoms. The molecule has 66 heavy (non-hydrogen) atoms. The van der Waals surface area contributed by atoms with Crippen LogP contribution in [-0.4, -0.2) is 37.2 Å². The summed E-state index contributed by atoms with van der Waals surface area (Å²) in [4.78, 5) is 38.1. The monoisotopic (exact) mass is 929 g/mol. The second-order valence-electron chi connectivity index (χ2n) is 19.9. The number of unbranched alkanes of at least 4 members (excludes halogenated alkanes) is 39. The fraction of sp³-hybridized carbons (Fsp3) is 0.883. The molecule has 1 unspecified atom stereocenters. The maximum atomic E-state index is 12.8. The smallest absolute Gasteiger partial charge is 0.306 e. The predicted octanol–water partition coefficient (Wildman–Crippen LogP) is 19.5. The van der Waals surface area contributed by atoms with Gasteiger partial charge in [-0.3, -0.25) is 14.4 Å². The van der Waals surface area contributed by atoms with Gasteiger partial charge in [-0.2, -0.15) is 0 Å². The number of allylic oxidation sites excluding steroid dienone is 4. The number of rotatable bonds is 54. The highest BCUT2D eigenvalue weighted by Gasteiger charge is 2.19. The molecule has 6 heteroatoms. The largest absolute Gasteiger partial charge is 0.462 e. The highest BCUT2D eigenvalue weighted by molar-refractivity contribution is 5.71. The molecule has 0 aromatic rings. The van der Waals surface area contributed by atoms with E-state index in [1.165, 1.54) is 225 Å². The van der Waals surface area contributed by atoms with E-state index in [9.17, 15) is 14.4 Å². The van der Waals surface area contributed by atoms with Gasteiger partial charge >= 0.3 is 17.9 Å². The molecular formula is C60H112O6.